The van der Waals surface area contributed by atoms with Crippen LogP contribution in [0.1, 0.15) is 16.8 Å². The van der Waals surface area contributed by atoms with Crippen LogP contribution in [0.2, 0.25) is 0 Å². The van der Waals surface area contributed by atoms with Crippen molar-refractivity contribution in [3.63, 3.8) is 0 Å². The van der Waals surface area contributed by atoms with E-state index in [-0.39, 0.29) is 18.9 Å². The van der Waals surface area contributed by atoms with Crippen LogP contribution in [-0.2, 0) is 9.53 Å². The average Bonchev–Trinajstić information content (AvgIpc) is 2.62. The summed E-state index contributed by atoms with van der Waals surface area (Å²) in [5, 5.41) is 12.2. The molecule has 3 rings (SSSR count). The zero-order chi connectivity index (χ0) is 17.6. The fourth-order valence-corrected chi connectivity index (χ4v) is 2.85. The van der Waals surface area contributed by atoms with Crippen LogP contribution in [0.25, 0.3) is 0 Å². The third-order valence-electron chi connectivity index (χ3n) is 4.04. The van der Waals surface area contributed by atoms with Crippen LogP contribution in [0.5, 0.6) is 0 Å². The predicted octanol–water partition coefficient (Wildman–Crippen LogP) is 2.75. The molecule has 1 unspecified atom stereocenters. The van der Waals surface area contributed by atoms with Gasteiger partial charge in [0.15, 0.2) is 0 Å². The van der Waals surface area contributed by atoms with E-state index in [2.05, 4.69) is 5.32 Å². The molecule has 0 bridgehead atoms. The molecule has 6 heteroatoms. The molecule has 1 aliphatic heterocycles. The fourth-order valence-electron chi connectivity index (χ4n) is 2.85. The van der Waals surface area contributed by atoms with Gasteiger partial charge in [0, 0.05) is 18.8 Å². The van der Waals surface area contributed by atoms with E-state index < -0.39 is 12.1 Å². The second kappa shape index (κ2) is 7.81. The van der Waals surface area contributed by atoms with E-state index in [0.717, 1.165) is 11.4 Å². The Morgan fingerprint density at radius 3 is 2.60 bits per heavy atom. The van der Waals surface area contributed by atoms with Gasteiger partial charge in [0.2, 0.25) is 0 Å². The molecule has 1 atom stereocenters. The number of ether oxygens (including phenoxy) is 1. The number of hydrogen-bond donors (Lipinski definition) is 2. The van der Waals surface area contributed by atoms with Crippen molar-refractivity contribution < 1.29 is 19.4 Å². The number of anilines is 2. The summed E-state index contributed by atoms with van der Waals surface area (Å²) in [6, 6.07) is 16.9. The highest BCUT2D eigenvalue weighted by Crippen LogP contribution is 2.23. The molecule has 0 spiro atoms. The molecule has 25 heavy (non-hydrogen) atoms. The van der Waals surface area contributed by atoms with Crippen LogP contribution < -0.4 is 5.32 Å². The molecule has 0 radical (unpaired) electrons. The minimum atomic E-state index is -0.926. The van der Waals surface area contributed by atoms with E-state index in [1.165, 1.54) is 0 Å². The fraction of sp³-hybridized carbons (Fsp3) is 0.263. The Morgan fingerprint density at radius 2 is 1.84 bits per heavy atom. The molecule has 1 amide bonds. The first-order valence-electron chi connectivity index (χ1n) is 8.17. The summed E-state index contributed by atoms with van der Waals surface area (Å²) >= 11 is 0. The highest BCUT2D eigenvalue weighted by atomic mass is 16.5. The molecule has 0 aliphatic carbocycles. The maximum absolute atomic E-state index is 12.9. The summed E-state index contributed by atoms with van der Waals surface area (Å²) < 4.78 is 5.44. The number of benzene rings is 2. The first kappa shape index (κ1) is 17.0. The molecule has 6 nitrogen and oxygen atoms in total. The van der Waals surface area contributed by atoms with Crippen LogP contribution in [-0.4, -0.2) is 47.7 Å². The summed E-state index contributed by atoms with van der Waals surface area (Å²) in [5.74, 6) is -1.05. The quantitative estimate of drug-likeness (QED) is 0.875. The molecule has 0 saturated carbocycles. The van der Waals surface area contributed by atoms with E-state index in [1.54, 1.807) is 11.0 Å². The molecule has 130 valence electrons. The van der Waals surface area contributed by atoms with E-state index in [9.17, 15) is 9.59 Å². The standard InChI is InChI=1S/C19H20N2O4/c22-18(23)12-15-13-21(10-11-25-15)19(24)16-8-4-5-9-17(16)20-14-6-2-1-3-7-14/h1-9,15,20H,10-13H2,(H,22,23). The van der Waals surface area contributed by atoms with E-state index in [0.29, 0.717) is 18.7 Å². The summed E-state index contributed by atoms with van der Waals surface area (Å²) in [6.07, 6.45) is -0.572. The largest absolute Gasteiger partial charge is 0.481 e. The van der Waals surface area contributed by atoms with Crippen molar-refractivity contribution in [2.45, 2.75) is 12.5 Å². The van der Waals surface area contributed by atoms with Gasteiger partial charge in [-0.1, -0.05) is 30.3 Å². The lowest BCUT2D eigenvalue weighted by Crippen LogP contribution is -2.46. The third-order valence-corrected chi connectivity index (χ3v) is 4.04. The third kappa shape index (κ3) is 4.36. The molecule has 1 aliphatic rings. The lowest BCUT2D eigenvalue weighted by atomic mass is 10.1. The Hall–Kier alpha value is -2.86. The molecule has 1 heterocycles. The summed E-state index contributed by atoms with van der Waals surface area (Å²) in [5.41, 5.74) is 2.18. The minimum Gasteiger partial charge on any atom is -0.481 e. The lowest BCUT2D eigenvalue weighted by molar-refractivity contribution is -0.141. The zero-order valence-corrected chi connectivity index (χ0v) is 13.7. The van der Waals surface area contributed by atoms with Gasteiger partial charge in [-0.25, -0.2) is 0 Å². The summed E-state index contributed by atoms with van der Waals surface area (Å²) in [7, 11) is 0. The SMILES string of the molecule is O=C(O)CC1CN(C(=O)c2ccccc2Nc2ccccc2)CCO1. The monoisotopic (exact) mass is 340 g/mol. The normalized spacial score (nSPS) is 17.1. The summed E-state index contributed by atoms with van der Waals surface area (Å²) in [4.78, 5) is 25.5. The smallest absolute Gasteiger partial charge is 0.306 e. The lowest BCUT2D eigenvalue weighted by Gasteiger charge is -2.32. The van der Waals surface area contributed by atoms with Gasteiger partial charge in [-0.15, -0.1) is 0 Å². The number of para-hydroxylation sites is 2. The Kier molecular flexibility index (Phi) is 5.30. The van der Waals surface area contributed by atoms with Crippen LogP contribution in [0.3, 0.4) is 0 Å². The van der Waals surface area contributed by atoms with Crippen molar-refractivity contribution in [2.75, 3.05) is 25.0 Å². The summed E-state index contributed by atoms with van der Waals surface area (Å²) in [6.45, 7) is 1.08. The van der Waals surface area contributed by atoms with Crippen molar-refractivity contribution in [2.24, 2.45) is 0 Å². The Labute approximate surface area is 146 Å². The maximum atomic E-state index is 12.9. The van der Waals surface area contributed by atoms with Gasteiger partial charge in [0.1, 0.15) is 0 Å². The molecular formula is C19H20N2O4. The average molecular weight is 340 g/mol. The molecule has 0 aromatic heterocycles. The van der Waals surface area contributed by atoms with Crippen molar-refractivity contribution >= 4 is 23.3 Å². The van der Waals surface area contributed by atoms with E-state index in [4.69, 9.17) is 9.84 Å². The van der Waals surface area contributed by atoms with Gasteiger partial charge in [-0.2, -0.15) is 0 Å². The topological polar surface area (TPSA) is 78.9 Å². The van der Waals surface area contributed by atoms with Crippen LogP contribution >= 0.6 is 0 Å². The number of carboxylic acid groups (broad SMARTS) is 1. The Bertz CT molecular complexity index is 748. The number of carbonyl (C=O) groups excluding carboxylic acids is 1. The van der Waals surface area contributed by atoms with E-state index in [1.807, 2.05) is 48.5 Å². The van der Waals surface area contributed by atoms with Gasteiger partial charge in [0.05, 0.1) is 30.4 Å². The number of hydrogen-bond acceptors (Lipinski definition) is 4. The number of nitrogens with one attached hydrogen (secondary N) is 1. The predicted molar refractivity (Wildman–Crippen MR) is 94.1 cm³/mol. The second-order valence-electron chi connectivity index (χ2n) is 5.88. The van der Waals surface area contributed by atoms with Gasteiger partial charge in [-0.3, -0.25) is 9.59 Å². The number of carboxylic acids is 1. The van der Waals surface area contributed by atoms with Gasteiger partial charge < -0.3 is 20.1 Å². The molecule has 2 N–H and O–H groups in total. The first-order valence-corrected chi connectivity index (χ1v) is 8.17. The number of morpholine rings is 1. The number of carbonyl (C=O) groups is 2. The first-order chi connectivity index (χ1) is 12.1. The second-order valence-corrected chi connectivity index (χ2v) is 5.88. The van der Waals surface area contributed by atoms with Crippen molar-refractivity contribution in [3.05, 3.63) is 60.2 Å². The molecule has 1 saturated heterocycles. The van der Waals surface area contributed by atoms with Crippen LogP contribution in [0, 0.1) is 0 Å². The highest BCUT2D eigenvalue weighted by molar-refractivity contribution is 6.00. The maximum Gasteiger partial charge on any atom is 0.306 e. The number of amides is 1. The number of nitrogens with zero attached hydrogens (tertiary/aromatic N) is 1. The van der Waals surface area contributed by atoms with Gasteiger partial charge in [-0.05, 0) is 24.3 Å². The number of aliphatic carboxylic acids is 1. The van der Waals surface area contributed by atoms with Crippen LogP contribution in [0.15, 0.2) is 54.6 Å². The van der Waals surface area contributed by atoms with Crippen molar-refractivity contribution in [1.82, 2.24) is 4.90 Å². The van der Waals surface area contributed by atoms with Gasteiger partial charge >= 0.3 is 5.97 Å². The Morgan fingerprint density at radius 1 is 1.12 bits per heavy atom. The molecule has 2 aromatic rings. The van der Waals surface area contributed by atoms with E-state index >= 15 is 0 Å². The molecule has 1 fully saturated rings. The van der Waals surface area contributed by atoms with Crippen LogP contribution in [0.4, 0.5) is 11.4 Å². The number of rotatable bonds is 5. The van der Waals surface area contributed by atoms with Gasteiger partial charge in [0.25, 0.3) is 5.91 Å². The minimum absolute atomic E-state index is 0.103. The zero-order valence-electron chi connectivity index (χ0n) is 13.7. The molecular weight excluding hydrogens is 320 g/mol. The Balaban J connectivity index is 1.77. The van der Waals surface area contributed by atoms with Crippen molar-refractivity contribution in [3.8, 4) is 0 Å². The van der Waals surface area contributed by atoms with Crippen molar-refractivity contribution in [1.29, 1.82) is 0 Å². The molecule has 2 aromatic carbocycles. The highest BCUT2D eigenvalue weighted by Gasteiger charge is 2.27.